The second kappa shape index (κ2) is 16.8. The highest BCUT2D eigenvalue weighted by Crippen LogP contribution is 2.47. The van der Waals surface area contributed by atoms with Crippen LogP contribution in [0, 0.1) is 0 Å². The standard InChI is InChI=1S/C64H44N2/c1-4-18-45(19-5-1)47-34-37-53(38-35-47)65(64-41-36-52(43-60(64)49-23-8-3-9-24-49)51-33-32-46-20-10-11-25-50(46)42-51)54-39-40-55(59(44-54)48-21-6-2-7-22-48)56-26-12-15-29-61(56)66-62-30-16-13-27-57(62)58-28-14-17-31-63(58)66/h1-44H. The number of rotatable bonds is 9. The van der Waals surface area contributed by atoms with Gasteiger partial charge < -0.3 is 9.47 Å². The lowest BCUT2D eigenvalue weighted by Gasteiger charge is -2.30. The molecule has 0 aliphatic carbocycles. The summed E-state index contributed by atoms with van der Waals surface area (Å²) in [5, 5.41) is 4.96. The third-order valence-corrected chi connectivity index (χ3v) is 13.0. The molecule has 0 unspecified atom stereocenters. The van der Waals surface area contributed by atoms with Crippen LogP contribution in [0.4, 0.5) is 17.1 Å². The lowest BCUT2D eigenvalue weighted by Crippen LogP contribution is -2.12. The predicted octanol–water partition coefficient (Wildman–Crippen LogP) is 17.7. The van der Waals surface area contributed by atoms with Crippen molar-refractivity contribution in [2.24, 2.45) is 0 Å². The topological polar surface area (TPSA) is 8.17 Å². The molecule has 0 bridgehead atoms. The van der Waals surface area contributed by atoms with Crippen molar-refractivity contribution < 1.29 is 0 Å². The fourth-order valence-electron chi connectivity index (χ4n) is 9.83. The zero-order valence-electron chi connectivity index (χ0n) is 36.3. The van der Waals surface area contributed by atoms with Crippen LogP contribution in [0.3, 0.4) is 0 Å². The molecular formula is C64H44N2. The van der Waals surface area contributed by atoms with Crippen molar-refractivity contribution in [1.29, 1.82) is 0 Å². The van der Waals surface area contributed by atoms with Gasteiger partial charge in [-0.05, 0) is 116 Å². The van der Waals surface area contributed by atoms with Gasteiger partial charge in [0.05, 0.1) is 22.4 Å². The molecule has 66 heavy (non-hydrogen) atoms. The number of fused-ring (bicyclic) bond motifs is 4. The number of anilines is 3. The fraction of sp³-hybridized carbons (Fsp3) is 0. The van der Waals surface area contributed by atoms with Gasteiger partial charge in [0, 0.05) is 33.3 Å². The van der Waals surface area contributed by atoms with Crippen LogP contribution in [0.2, 0.25) is 0 Å². The quantitative estimate of drug-likeness (QED) is 0.141. The van der Waals surface area contributed by atoms with Crippen LogP contribution < -0.4 is 4.90 Å². The first-order chi connectivity index (χ1) is 32.7. The maximum atomic E-state index is 2.44. The Hall–Kier alpha value is -8.72. The zero-order chi connectivity index (χ0) is 43.8. The molecule has 1 heterocycles. The van der Waals surface area contributed by atoms with Crippen LogP contribution in [0.25, 0.3) is 93.9 Å². The van der Waals surface area contributed by atoms with E-state index in [2.05, 4.69) is 276 Å². The van der Waals surface area contributed by atoms with Gasteiger partial charge in [0.2, 0.25) is 0 Å². The summed E-state index contributed by atoms with van der Waals surface area (Å²) in [4.78, 5) is 2.44. The molecule has 12 aromatic rings. The molecular weight excluding hydrogens is 797 g/mol. The highest BCUT2D eigenvalue weighted by Gasteiger charge is 2.22. The average Bonchev–Trinajstić information content (AvgIpc) is 3.74. The highest BCUT2D eigenvalue weighted by molar-refractivity contribution is 6.10. The Labute approximate surface area is 385 Å². The van der Waals surface area contributed by atoms with E-state index in [0.29, 0.717) is 0 Å². The van der Waals surface area contributed by atoms with Crippen molar-refractivity contribution >= 4 is 49.6 Å². The van der Waals surface area contributed by atoms with Crippen molar-refractivity contribution in [2.75, 3.05) is 4.90 Å². The first kappa shape index (κ1) is 38.9. The van der Waals surface area contributed by atoms with Crippen LogP contribution in [0.1, 0.15) is 0 Å². The smallest absolute Gasteiger partial charge is 0.0541 e. The lowest BCUT2D eigenvalue weighted by atomic mass is 9.92. The minimum absolute atomic E-state index is 1.06. The van der Waals surface area contributed by atoms with Crippen LogP contribution >= 0.6 is 0 Å². The van der Waals surface area contributed by atoms with E-state index >= 15 is 0 Å². The number of hydrogen-bond acceptors (Lipinski definition) is 1. The Morgan fingerprint density at radius 2 is 0.758 bits per heavy atom. The molecule has 0 saturated carbocycles. The highest BCUT2D eigenvalue weighted by atomic mass is 15.1. The maximum absolute atomic E-state index is 2.44. The summed E-state index contributed by atoms with van der Waals surface area (Å²) in [6.45, 7) is 0. The van der Waals surface area contributed by atoms with Crippen molar-refractivity contribution in [3.63, 3.8) is 0 Å². The molecule has 0 aliphatic heterocycles. The molecule has 0 amide bonds. The number of benzene rings is 11. The summed E-state index contributed by atoms with van der Waals surface area (Å²) < 4.78 is 2.44. The van der Waals surface area contributed by atoms with Gasteiger partial charge in [-0.25, -0.2) is 0 Å². The van der Waals surface area contributed by atoms with E-state index in [4.69, 9.17) is 0 Å². The van der Waals surface area contributed by atoms with E-state index in [0.717, 1.165) is 56.1 Å². The van der Waals surface area contributed by atoms with E-state index in [1.54, 1.807) is 0 Å². The van der Waals surface area contributed by atoms with Gasteiger partial charge in [-0.2, -0.15) is 0 Å². The summed E-state index contributed by atoms with van der Waals surface area (Å²) in [5.41, 5.74) is 18.4. The van der Waals surface area contributed by atoms with E-state index in [9.17, 15) is 0 Å². The van der Waals surface area contributed by atoms with Gasteiger partial charge >= 0.3 is 0 Å². The largest absolute Gasteiger partial charge is 0.310 e. The van der Waals surface area contributed by atoms with Gasteiger partial charge in [0.25, 0.3) is 0 Å². The molecule has 0 spiro atoms. The molecule has 0 atom stereocenters. The second-order valence-corrected chi connectivity index (χ2v) is 16.9. The Morgan fingerprint density at radius 3 is 1.45 bits per heavy atom. The first-order valence-electron chi connectivity index (χ1n) is 22.7. The molecule has 0 fully saturated rings. The van der Waals surface area contributed by atoms with Gasteiger partial charge in [-0.3, -0.25) is 0 Å². The molecule has 0 aliphatic rings. The molecule has 0 saturated heterocycles. The molecule has 0 radical (unpaired) electrons. The Balaban J connectivity index is 1.08. The second-order valence-electron chi connectivity index (χ2n) is 16.9. The summed E-state index contributed by atoms with van der Waals surface area (Å²) in [7, 11) is 0. The molecule has 11 aromatic carbocycles. The van der Waals surface area contributed by atoms with E-state index in [-0.39, 0.29) is 0 Å². The number of aromatic nitrogens is 1. The molecule has 0 N–H and O–H groups in total. The van der Waals surface area contributed by atoms with Crippen molar-refractivity contribution in [3.05, 3.63) is 267 Å². The van der Waals surface area contributed by atoms with Crippen LogP contribution in [-0.4, -0.2) is 4.57 Å². The number of nitrogens with zero attached hydrogens (tertiary/aromatic N) is 2. The van der Waals surface area contributed by atoms with Gasteiger partial charge in [0.1, 0.15) is 0 Å². The van der Waals surface area contributed by atoms with Crippen LogP contribution in [0.5, 0.6) is 0 Å². The van der Waals surface area contributed by atoms with Gasteiger partial charge in [-0.1, -0.05) is 206 Å². The van der Waals surface area contributed by atoms with Crippen molar-refractivity contribution in [2.45, 2.75) is 0 Å². The zero-order valence-corrected chi connectivity index (χ0v) is 36.3. The maximum Gasteiger partial charge on any atom is 0.0541 e. The molecule has 2 nitrogen and oxygen atoms in total. The normalized spacial score (nSPS) is 11.3. The van der Waals surface area contributed by atoms with Crippen molar-refractivity contribution in [1.82, 2.24) is 4.57 Å². The lowest BCUT2D eigenvalue weighted by molar-refractivity contribution is 1.18. The van der Waals surface area contributed by atoms with Gasteiger partial charge in [0.15, 0.2) is 0 Å². The third kappa shape index (κ3) is 7.02. The minimum atomic E-state index is 1.06. The predicted molar refractivity (Wildman–Crippen MR) is 280 cm³/mol. The number of hydrogen-bond donors (Lipinski definition) is 0. The van der Waals surface area contributed by atoms with Gasteiger partial charge in [-0.15, -0.1) is 0 Å². The molecule has 12 rings (SSSR count). The summed E-state index contributed by atoms with van der Waals surface area (Å²) >= 11 is 0. The van der Waals surface area contributed by atoms with E-state index in [1.165, 1.54) is 54.8 Å². The third-order valence-electron chi connectivity index (χ3n) is 13.0. The summed E-state index contributed by atoms with van der Waals surface area (Å²) in [6, 6.07) is 97.1. The summed E-state index contributed by atoms with van der Waals surface area (Å²) in [6.07, 6.45) is 0. The van der Waals surface area contributed by atoms with E-state index < -0.39 is 0 Å². The summed E-state index contributed by atoms with van der Waals surface area (Å²) in [5.74, 6) is 0. The average molecular weight is 841 g/mol. The Morgan fingerprint density at radius 1 is 0.258 bits per heavy atom. The minimum Gasteiger partial charge on any atom is -0.310 e. The van der Waals surface area contributed by atoms with Crippen LogP contribution in [0.15, 0.2) is 267 Å². The number of para-hydroxylation sites is 3. The SMILES string of the molecule is c1ccc(-c2ccc(N(c3ccc(-c4ccccc4-n4c5ccccc5c5ccccc54)c(-c4ccccc4)c3)c3ccc(-c4ccc5ccccc5c4)cc3-c3ccccc3)cc2)cc1. The van der Waals surface area contributed by atoms with Crippen molar-refractivity contribution in [3.8, 4) is 61.3 Å². The first-order valence-corrected chi connectivity index (χ1v) is 22.7. The monoisotopic (exact) mass is 840 g/mol. The Kier molecular flexibility index (Phi) is 9.89. The molecule has 310 valence electrons. The Bertz CT molecular complexity index is 3630. The van der Waals surface area contributed by atoms with Crippen LogP contribution in [-0.2, 0) is 0 Å². The molecule has 2 heteroatoms. The molecule has 1 aromatic heterocycles. The van der Waals surface area contributed by atoms with E-state index in [1.807, 2.05) is 0 Å². The fourth-order valence-corrected chi connectivity index (χ4v) is 9.83.